The SMILES string of the molecule is c1ccc(-c2ccc(N(c3ccc(-c4ccccc4)cc3)c3ccc4c(c3)oc3cc(-c5ccc6ccccc6c5)ccc34)cc2)cc1. The number of hydrogen-bond acceptors (Lipinski definition) is 2. The molecule has 0 spiro atoms. The standard InChI is InChI=1S/C46H31NO/c1-3-9-32(10-4-1)35-17-22-40(23-18-35)47(41-24-19-36(20-25-41)33-11-5-2-6-12-33)42-26-28-44-43-27-21-39(30-45(43)48-46(44)31-42)38-16-15-34-13-7-8-14-37(34)29-38/h1-31H. The lowest BCUT2D eigenvalue weighted by Gasteiger charge is -2.26. The highest BCUT2D eigenvalue weighted by molar-refractivity contribution is 6.07. The Hall–Kier alpha value is -6.38. The Morgan fingerprint density at radius 2 is 0.729 bits per heavy atom. The first-order chi connectivity index (χ1) is 23.8. The predicted molar refractivity (Wildman–Crippen MR) is 202 cm³/mol. The largest absolute Gasteiger partial charge is 0.456 e. The van der Waals surface area contributed by atoms with E-state index < -0.39 is 0 Å². The zero-order valence-electron chi connectivity index (χ0n) is 26.3. The van der Waals surface area contributed by atoms with Crippen LogP contribution in [0.5, 0.6) is 0 Å². The second-order valence-corrected chi connectivity index (χ2v) is 12.2. The number of anilines is 3. The minimum Gasteiger partial charge on any atom is -0.456 e. The zero-order valence-corrected chi connectivity index (χ0v) is 26.3. The quantitative estimate of drug-likeness (QED) is 0.185. The summed E-state index contributed by atoms with van der Waals surface area (Å²) < 4.78 is 6.59. The molecule has 0 aliphatic carbocycles. The first-order valence-corrected chi connectivity index (χ1v) is 16.3. The molecule has 1 aromatic heterocycles. The van der Waals surface area contributed by atoms with Crippen molar-refractivity contribution >= 4 is 49.8 Å². The van der Waals surface area contributed by atoms with Crippen molar-refractivity contribution in [2.75, 3.05) is 4.90 Å². The van der Waals surface area contributed by atoms with Gasteiger partial charge < -0.3 is 9.32 Å². The fourth-order valence-corrected chi connectivity index (χ4v) is 6.77. The minimum atomic E-state index is 0.866. The summed E-state index contributed by atoms with van der Waals surface area (Å²) >= 11 is 0. The van der Waals surface area contributed by atoms with Crippen molar-refractivity contribution in [2.24, 2.45) is 0 Å². The summed E-state index contributed by atoms with van der Waals surface area (Å²) in [5.41, 5.74) is 12.1. The van der Waals surface area contributed by atoms with E-state index in [1.54, 1.807) is 0 Å². The molecule has 9 rings (SSSR count). The zero-order chi connectivity index (χ0) is 31.9. The second kappa shape index (κ2) is 11.8. The van der Waals surface area contributed by atoms with Gasteiger partial charge in [0.15, 0.2) is 0 Å². The first-order valence-electron chi connectivity index (χ1n) is 16.3. The molecule has 1 heterocycles. The lowest BCUT2D eigenvalue weighted by molar-refractivity contribution is 0.669. The highest BCUT2D eigenvalue weighted by Gasteiger charge is 2.16. The van der Waals surface area contributed by atoms with Crippen molar-refractivity contribution in [3.8, 4) is 33.4 Å². The van der Waals surface area contributed by atoms with Gasteiger partial charge in [-0.05, 0) is 98.8 Å². The summed E-state index contributed by atoms with van der Waals surface area (Å²) in [4.78, 5) is 2.30. The summed E-state index contributed by atoms with van der Waals surface area (Å²) in [6.07, 6.45) is 0. The van der Waals surface area contributed by atoms with Crippen molar-refractivity contribution in [2.45, 2.75) is 0 Å². The predicted octanol–water partition coefficient (Wildman–Crippen LogP) is 13.2. The Bertz CT molecular complexity index is 2450. The minimum absolute atomic E-state index is 0.866. The summed E-state index contributed by atoms with van der Waals surface area (Å²) in [6, 6.07) is 66.8. The van der Waals surface area contributed by atoms with Crippen LogP contribution in [-0.2, 0) is 0 Å². The molecule has 0 radical (unpaired) electrons. The third-order valence-electron chi connectivity index (χ3n) is 9.26. The molecule has 0 bridgehead atoms. The van der Waals surface area contributed by atoms with E-state index in [0.29, 0.717) is 0 Å². The van der Waals surface area contributed by atoms with Crippen LogP contribution in [0.15, 0.2) is 192 Å². The van der Waals surface area contributed by atoms with Crippen LogP contribution >= 0.6 is 0 Å². The molecule has 9 aromatic rings. The van der Waals surface area contributed by atoms with Gasteiger partial charge in [0.05, 0.1) is 0 Å². The van der Waals surface area contributed by atoms with Crippen molar-refractivity contribution in [3.05, 3.63) is 188 Å². The Morgan fingerprint density at radius 3 is 1.35 bits per heavy atom. The van der Waals surface area contributed by atoms with Gasteiger partial charge in [-0.25, -0.2) is 0 Å². The number of benzene rings is 8. The van der Waals surface area contributed by atoms with Crippen molar-refractivity contribution in [1.82, 2.24) is 0 Å². The van der Waals surface area contributed by atoms with Gasteiger partial charge in [-0.3, -0.25) is 0 Å². The van der Waals surface area contributed by atoms with Crippen molar-refractivity contribution in [1.29, 1.82) is 0 Å². The molecule has 0 unspecified atom stereocenters. The summed E-state index contributed by atoms with van der Waals surface area (Å²) in [6.45, 7) is 0. The van der Waals surface area contributed by atoms with E-state index in [4.69, 9.17) is 4.42 Å². The molecular weight excluding hydrogens is 583 g/mol. The lowest BCUT2D eigenvalue weighted by atomic mass is 10.00. The van der Waals surface area contributed by atoms with Gasteiger partial charge in [0.2, 0.25) is 0 Å². The molecule has 0 saturated heterocycles. The van der Waals surface area contributed by atoms with Gasteiger partial charge in [-0.1, -0.05) is 127 Å². The maximum atomic E-state index is 6.59. The van der Waals surface area contributed by atoms with E-state index >= 15 is 0 Å². The molecule has 2 nitrogen and oxygen atoms in total. The van der Waals surface area contributed by atoms with Crippen LogP contribution in [0, 0.1) is 0 Å². The van der Waals surface area contributed by atoms with Crippen LogP contribution in [0.3, 0.4) is 0 Å². The topological polar surface area (TPSA) is 16.4 Å². The van der Waals surface area contributed by atoms with Crippen molar-refractivity contribution < 1.29 is 4.42 Å². The average Bonchev–Trinajstić information content (AvgIpc) is 3.53. The molecule has 48 heavy (non-hydrogen) atoms. The lowest BCUT2D eigenvalue weighted by Crippen LogP contribution is -2.09. The number of furan rings is 1. The molecule has 0 saturated carbocycles. The number of rotatable bonds is 6. The van der Waals surface area contributed by atoms with E-state index in [9.17, 15) is 0 Å². The molecule has 0 aliphatic rings. The fraction of sp³-hybridized carbons (Fsp3) is 0. The molecule has 0 aliphatic heterocycles. The van der Waals surface area contributed by atoms with Crippen LogP contribution in [0.25, 0.3) is 66.1 Å². The smallest absolute Gasteiger partial charge is 0.137 e. The number of fused-ring (bicyclic) bond motifs is 4. The second-order valence-electron chi connectivity index (χ2n) is 12.2. The molecule has 0 fully saturated rings. The first kappa shape index (κ1) is 27.9. The third-order valence-corrected chi connectivity index (χ3v) is 9.26. The van der Waals surface area contributed by atoms with Crippen LogP contribution in [-0.4, -0.2) is 0 Å². The highest BCUT2D eigenvalue weighted by Crippen LogP contribution is 2.40. The van der Waals surface area contributed by atoms with Gasteiger partial charge in [0, 0.05) is 33.9 Å². The van der Waals surface area contributed by atoms with Crippen LogP contribution < -0.4 is 4.90 Å². The summed E-state index contributed by atoms with van der Waals surface area (Å²) in [5, 5.41) is 4.70. The van der Waals surface area contributed by atoms with Gasteiger partial charge in [-0.15, -0.1) is 0 Å². The molecule has 2 heteroatoms. The Morgan fingerprint density at radius 1 is 0.292 bits per heavy atom. The monoisotopic (exact) mass is 613 g/mol. The maximum Gasteiger partial charge on any atom is 0.137 e. The van der Waals surface area contributed by atoms with E-state index in [1.165, 1.54) is 38.6 Å². The Kier molecular flexibility index (Phi) is 6.84. The summed E-state index contributed by atoms with van der Waals surface area (Å²) in [7, 11) is 0. The molecular formula is C46H31NO. The van der Waals surface area contributed by atoms with Crippen LogP contribution in [0.2, 0.25) is 0 Å². The van der Waals surface area contributed by atoms with Gasteiger partial charge in [0.25, 0.3) is 0 Å². The molecule has 0 amide bonds. The molecule has 8 aromatic carbocycles. The van der Waals surface area contributed by atoms with Gasteiger partial charge in [-0.2, -0.15) is 0 Å². The van der Waals surface area contributed by atoms with E-state index in [1.807, 2.05) is 0 Å². The van der Waals surface area contributed by atoms with Crippen molar-refractivity contribution in [3.63, 3.8) is 0 Å². The average molecular weight is 614 g/mol. The Labute approximate surface area is 279 Å². The van der Waals surface area contributed by atoms with Gasteiger partial charge >= 0.3 is 0 Å². The fourth-order valence-electron chi connectivity index (χ4n) is 6.77. The third kappa shape index (κ3) is 5.10. The highest BCUT2D eigenvalue weighted by atomic mass is 16.3. The van der Waals surface area contributed by atoms with Crippen LogP contribution in [0.4, 0.5) is 17.1 Å². The molecule has 226 valence electrons. The van der Waals surface area contributed by atoms with E-state index in [-0.39, 0.29) is 0 Å². The van der Waals surface area contributed by atoms with E-state index in [0.717, 1.165) is 44.6 Å². The van der Waals surface area contributed by atoms with Gasteiger partial charge in [0.1, 0.15) is 11.2 Å². The molecule has 0 atom stereocenters. The number of nitrogens with zero attached hydrogens (tertiary/aromatic N) is 1. The van der Waals surface area contributed by atoms with Crippen LogP contribution in [0.1, 0.15) is 0 Å². The summed E-state index contributed by atoms with van der Waals surface area (Å²) in [5.74, 6) is 0. The molecule has 0 N–H and O–H groups in total. The van der Waals surface area contributed by atoms with E-state index in [2.05, 4.69) is 193 Å². The maximum absolute atomic E-state index is 6.59. The number of hydrogen-bond donors (Lipinski definition) is 0. The Balaban J connectivity index is 1.13. The normalized spacial score (nSPS) is 11.3.